The molecule has 1 heterocycles. The van der Waals surface area contributed by atoms with Gasteiger partial charge in [-0.3, -0.25) is 0 Å². The van der Waals surface area contributed by atoms with E-state index in [9.17, 15) is 4.79 Å². The van der Waals surface area contributed by atoms with Crippen molar-refractivity contribution in [3.63, 3.8) is 0 Å². The van der Waals surface area contributed by atoms with Crippen LogP contribution in [-0.4, -0.2) is 11.1 Å². The quantitative estimate of drug-likeness (QED) is 0.750. The number of hydrogen-bond acceptors (Lipinski definition) is 3. The first-order valence-corrected chi connectivity index (χ1v) is 6.50. The Morgan fingerprint density at radius 3 is 2.56 bits per heavy atom. The first-order chi connectivity index (χ1) is 7.57. The van der Waals surface area contributed by atoms with E-state index in [1.807, 2.05) is 6.92 Å². The van der Waals surface area contributed by atoms with Gasteiger partial charge < -0.3 is 10.8 Å². The highest BCUT2D eigenvalue weighted by atomic mass is 32.1. The third-order valence-corrected chi connectivity index (χ3v) is 3.92. The fourth-order valence-electron chi connectivity index (χ4n) is 1.80. The lowest BCUT2D eigenvalue weighted by atomic mass is 10.1. The van der Waals surface area contributed by atoms with E-state index in [4.69, 9.17) is 10.8 Å². The number of nitrogen functional groups attached to an aromatic ring is 1. The highest BCUT2D eigenvalue weighted by Crippen LogP contribution is 2.31. The standard InChI is InChI=1S/C12H19NO2S/c1-3-4-5-6-7-9-8(2)10(12(14)15)11(13)16-9/h3-7,13H2,1-2H3,(H,14,15). The Morgan fingerprint density at radius 2 is 2.06 bits per heavy atom. The zero-order valence-electron chi connectivity index (χ0n) is 9.88. The zero-order chi connectivity index (χ0) is 12.1. The number of unbranched alkanes of at least 4 members (excludes halogenated alkanes) is 3. The maximum absolute atomic E-state index is 11.0. The van der Waals surface area contributed by atoms with Gasteiger partial charge in [-0.25, -0.2) is 4.79 Å². The van der Waals surface area contributed by atoms with E-state index in [1.165, 1.54) is 30.6 Å². The van der Waals surface area contributed by atoms with Gasteiger partial charge >= 0.3 is 5.97 Å². The number of thiophene rings is 1. The molecule has 4 heteroatoms. The Morgan fingerprint density at radius 1 is 1.38 bits per heavy atom. The van der Waals surface area contributed by atoms with E-state index in [2.05, 4.69) is 6.92 Å². The Hall–Kier alpha value is -1.03. The molecule has 90 valence electrons. The van der Waals surface area contributed by atoms with Crippen LogP contribution in [0, 0.1) is 6.92 Å². The van der Waals surface area contributed by atoms with Gasteiger partial charge in [0.25, 0.3) is 0 Å². The Labute approximate surface area is 100 Å². The number of aromatic carboxylic acids is 1. The van der Waals surface area contributed by atoms with Gasteiger partial charge in [-0.05, 0) is 25.3 Å². The van der Waals surface area contributed by atoms with E-state index in [-0.39, 0.29) is 0 Å². The lowest BCUT2D eigenvalue weighted by molar-refractivity contribution is 0.0697. The molecule has 0 amide bonds. The number of anilines is 1. The summed E-state index contributed by atoms with van der Waals surface area (Å²) in [4.78, 5) is 12.1. The molecule has 0 bridgehead atoms. The van der Waals surface area contributed by atoms with Crippen molar-refractivity contribution in [2.75, 3.05) is 5.73 Å². The van der Waals surface area contributed by atoms with Gasteiger partial charge in [-0.1, -0.05) is 26.2 Å². The zero-order valence-corrected chi connectivity index (χ0v) is 10.7. The Balaban J connectivity index is 2.67. The molecule has 0 atom stereocenters. The summed E-state index contributed by atoms with van der Waals surface area (Å²) < 4.78 is 0. The third kappa shape index (κ3) is 2.98. The number of rotatable bonds is 6. The lowest BCUT2D eigenvalue weighted by Gasteiger charge is -1.99. The molecule has 16 heavy (non-hydrogen) atoms. The van der Waals surface area contributed by atoms with Gasteiger partial charge in [0, 0.05) is 4.88 Å². The fraction of sp³-hybridized carbons (Fsp3) is 0.583. The fourth-order valence-corrected chi connectivity index (χ4v) is 2.91. The number of aryl methyl sites for hydroxylation is 1. The van der Waals surface area contributed by atoms with Gasteiger partial charge in [0.05, 0.1) is 5.56 Å². The molecule has 0 aromatic carbocycles. The molecule has 0 radical (unpaired) electrons. The summed E-state index contributed by atoms with van der Waals surface area (Å²) >= 11 is 1.42. The minimum absolute atomic E-state index is 0.301. The maximum Gasteiger partial charge on any atom is 0.338 e. The first-order valence-electron chi connectivity index (χ1n) is 5.69. The monoisotopic (exact) mass is 241 g/mol. The van der Waals surface area contributed by atoms with Crippen molar-refractivity contribution in [1.82, 2.24) is 0 Å². The number of carbonyl (C=O) groups is 1. The summed E-state index contributed by atoms with van der Waals surface area (Å²) in [5.41, 5.74) is 6.87. The molecular formula is C12H19NO2S. The van der Waals surface area contributed by atoms with E-state index in [0.717, 1.165) is 23.3 Å². The highest BCUT2D eigenvalue weighted by Gasteiger charge is 2.17. The minimum Gasteiger partial charge on any atom is -0.478 e. The molecule has 0 spiro atoms. The van der Waals surface area contributed by atoms with Crippen LogP contribution in [0.1, 0.15) is 53.4 Å². The van der Waals surface area contributed by atoms with Gasteiger partial charge in [-0.2, -0.15) is 0 Å². The largest absolute Gasteiger partial charge is 0.478 e. The number of nitrogens with two attached hydrogens (primary N) is 1. The molecule has 0 aliphatic rings. The molecule has 0 aliphatic carbocycles. The van der Waals surface area contributed by atoms with Crippen LogP contribution < -0.4 is 5.73 Å². The lowest BCUT2D eigenvalue weighted by Crippen LogP contribution is -2.00. The van der Waals surface area contributed by atoms with Crippen molar-refractivity contribution in [3.05, 3.63) is 16.0 Å². The van der Waals surface area contributed by atoms with Crippen molar-refractivity contribution >= 4 is 22.3 Å². The smallest absolute Gasteiger partial charge is 0.338 e. The van der Waals surface area contributed by atoms with Gasteiger partial charge in [0.2, 0.25) is 0 Å². The van der Waals surface area contributed by atoms with Gasteiger partial charge in [-0.15, -0.1) is 11.3 Å². The van der Waals surface area contributed by atoms with Crippen LogP contribution in [0.5, 0.6) is 0 Å². The Bertz CT molecular complexity index is 371. The summed E-state index contributed by atoms with van der Waals surface area (Å²) in [7, 11) is 0. The Kier molecular flexibility index (Phi) is 4.80. The molecule has 1 rings (SSSR count). The van der Waals surface area contributed by atoms with Crippen molar-refractivity contribution in [2.24, 2.45) is 0 Å². The molecular weight excluding hydrogens is 222 g/mol. The van der Waals surface area contributed by atoms with Crippen molar-refractivity contribution < 1.29 is 9.90 Å². The van der Waals surface area contributed by atoms with Crippen LogP contribution >= 0.6 is 11.3 Å². The number of carboxylic acids is 1. The topological polar surface area (TPSA) is 63.3 Å². The molecule has 0 saturated heterocycles. The average molecular weight is 241 g/mol. The summed E-state index contributed by atoms with van der Waals surface area (Å²) in [6, 6.07) is 0. The van der Waals surface area contributed by atoms with Crippen molar-refractivity contribution in [3.8, 4) is 0 Å². The maximum atomic E-state index is 11.0. The van der Waals surface area contributed by atoms with Crippen LogP contribution in [0.25, 0.3) is 0 Å². The molecule has 0 fully saturated rings. The molecule has 1 aromatic heterocycles. The highest BCUT2D eigenvalue weighted by molar-refractivity contribution is 7.16. The summed E-state index contributed by atoms with van der Waals surface area (Å²) in [6.45, 7) is 4.03. The van der Waals surface area contributed by atoms with Crippen LogP contribution in [0.2, 0.25) is 0 Å². The second-order valence-corrected chi connectivity index (χ2v) is 5.14. The second-order valence-electron chi connectivity index (χ2n) is 4.01. The summed E-state index contributed by atoms with van der Waals surface area (Å²) in [6.07, 6.45) is 5.73. The molecule has 0 saturated carbocycles. The minimum atomic E-state index is -0.911. The molecule has 0 unspecified atom stereocenters. The molecule has 0 aliphatic heterocycles. The van der Waals surface area contributed by atoms with Crippen LogP contribution in [0.4, 0.5) is 5.00 Å². The normalized spacial score (nSPS) is 10.6. The van der Waals surface area contributed by atoms with Crippen molar-refractivity contribution in [1.29, 1.82) is 0 Å². The molecule has 3 N–H and O–H groups in total. The third-order valence-electron chi connectivity index (χ3n) is 2.74. The molecule has 1 aromatic rings. The summed E-state index contributed by atoms with van der Waals surface area (Å²) in [5, 5.41) is 9.44. The van der Waals surface area contributed by atoms with E-state index in [0.29, 0.717) is 10.6 Å². The van der Waals surface area contributed by atoms with E-state index in [1.54, 1.807) is 0 Å². The average Bonchev–Trinajstić information content (AvgIpc) is 2.49. The van der Waals surface area contributed by atoms with Crippen LogP contribution in [0.15, 0.2) is 0 Å². The SMILES string of the molecule is CCCCCCc1sc(N)c(C(=O)O)c1C. The predicted molar refractivity (Wildman–Crippen MR) is 68.3 cm³/mol. The van der Waals surface area contributed by atoms with E-state index >= 15 is 0 Å². The van der Waals surface area contributed by atoms with Crippen LogP contribution in [0.3, 0.4) is 0 Å². The first kappa shape index (κ1) is 13.0. The predicted octanol–water partition coefficient (Wildman–Crippen LogP) is 3.46. The van der Waals surface area contributed by atoms with Crippen LogP contribution in [-0.2, 0) is 6.42 Å². The van der Waals surface area contributed by atoms with Gasteiger partial charge in [0.15, 0.2) is 0 Å². The molecule has 3 nitrogen and oxygen atoms in total. The number of carboxylic acid groups (broad SMARTS) is 1. The van der Waals surface area contributed by atoms with Crippen molar-refractivity contribution in [2.45, 2.75) is 46.0 Å². The number of hydrogen-bond donors (Lipinski definition) is 2. The second kappa shape index (κ2) is 5.89. The van der Waals surface area contributed by atoms with E-state index < -0.39 is 5.97 Å². The summed E-state index contributed by atoms with van der Waals surface area (Å²) in [5.74, 6) is -0.911. The van der Waals surface area contributed by atoms with Gasteiger partial charge in [0.1, 0.15) is 5.00 Å².